The third-order valence-corrected chi connectivity index (χ3v) is 6.68. The molecule has 0 bridgehead atoms. The van der Waals surface area contributed by atoms with E-state index in [1.54, 1.807) is 55.5 Å². The van der Waals surface area contributed by atoms with Gasteiger partial charge in [0.05, 0.1) is 30.9 Å². The molecule has 1 atom stereocenters. The lowest BCUT2D eigenvalue weighted by Crippen LogP contribution is -2.39. The zero-order valence-corrected chi connectivity index (χ0v) is 22.8. The molecular formula is C30H31N3O5S. The number of hydrogen-bond acceptors (Lipinski definition) is 6. The number of rotatable bonds is 11. The van der Waals surface area contributed by atoms with Crippen LogP contribution in [0.2, 0.25) is 0 Å². The average molecular weight is 546 g/mol. The maximum atomic E-state index is 13.7. The van der Waals surface area contributed by atoms with Gasteiger partial charge in [-0.05, 0) is 86.6 Å². The minimum Gasteiger partial charge on any atom is -0.494 e. The minimum absolute atomic E-state index is 0.0710. The number of carbonyl (C=O) groups is 3. The first-order valence-corrected chi connectivity index (χ1v) is 13.3. The number of anilines is 2. The molecule has 1 saturated heterocycles. The normalized spacial score (nSPS) is 14.9. The summed E-state index contributed by atoms with van der Waals surface area (Å²) in [5.74, 6) is -0.320. The molecule has 0 aliphatic carbocycles. The van der Waals surface area contributed by atoms with E-state index in [9.17, 15) is 14.4 Å². The Labute approximate surface area is 233 Å². The Morgan fingerprint density at radius 2 is 1.62 bits per heavy atom. The topological polar surface area (TPSA) is 88.2 Å². The lowest BCUT2D eigenvalue weighted by Gasteiger charge is -2.24. The standard InChI is InChI=1S/C30H31N3O5S/c1-3-37-25-16-12-23(13-17-25)31-27(34)20-26-28(35)33(24-14-10-22(11-15-24)29(36)38-4-2)30(39)32(26)19-18-21-8-6-5-7-9-21/h5-17,26H,3-4,18-20H2,1-2H3,(H,31,34). The Balaban J connectivity index is 1.53. The first kappa shape index (κ1) is 27.8. The van der Waals surface area contributed by atoms with Gasteiger partial charge in [0.15, 0.2) is 5.11 Å². The summed E-state index contributed by atoms with van der Waals surface area (Å²) in [5.41, 5.74) is 2.61. The van der Waals surface area contributed by atoms with E-state index < -0.39 is 12.0 Å². The van der Waals surface area contributed by atoms with Crippen molar-refractivity contribution in [3.8, 4) is 5.75 Å². The molecule has 0 aromatic heterocycles. The predicted octanol–water partition coefficient (Wildman–Crippen LogP) is 4.84. The Hall–Kier alpha value is -4.24. The van der Waals surface area contributed by atoms with Crippen LogP contribution < -0.4 is 15.0 Å². The Kier molecular flexibility index (Phi) is 9.27. The van der Waals surface area contributed by atoms with Gasteiger partial charge < -0.3 is 19.7 Å². The number of thiocarbonyl (C=S) groups is 1. The van der Waals surface area contributed by atoms with Crippen molar-refractivity contribution >= 4 is 46.5 Å². The second-order valence-corrected chi connectivity index (χ2v) is 9.24. The van der Waals surface area contributed by atoms with Crippen molar-refractivity contribution in [2.24, 2.45) is 0 Å². The van der Waals surface area contributed by atoms with E-state index in [0.29, 0.717) is 47.4 Å². The fourth-order valence-electron chi connectivity index (χ4n) is 4.37. The summed E-state index contributed by atoms with van der Waals surface area (Å²) in [6.07, 6.45) is 0.583. The second kappa shape index (κ2) is 13.0. The molecule has 1 fully saturated rings. The molecule has 1 unspecified atom stereocenters. The van der Waals surface area contributed by atoms with Gasteiger partial charge in [0.25, 0.3) is 5.91 Å². The highest BCUT2D eigenvalue weighted by atomic mass is 32.1. The van der Waals surface area contributed by atoms with E-state index in [-0.39, 0.29) is 24.8 Å². The highest BCUT2D eigenvalue weighted by molar-refractivity contribution is 7.80. The Morgan fingerprint density at radius 3 is 2.26 bits per heavy atom. The molecule has 0 spiro atoms. The summed E-state index contributed by atoms with van der Waals surface area (Å²) in [6, 6.07) is 22.7. The summed E-state index contributed by atoms with van der Waals surface area (Å²) in [7, 11) is 0. The lowest BCUT2D eigenvalue weighted by molar-refractivity contribution is -0.124. The minimum atomic E-state index is -0.770. The Bertz CT molecular complexity index is 1310. The number of benzene rings is 3. The fraction of sp³-hybridized carbons (Fsp3) is 0.267. The van der Waals surface area contributed by atoms with Crippen molar-refractivity contribution in [1.82, 2.24) is 4.90 Å². The maximum absolute atomic E-state index is 13.7. The number of amides is 2. The van der Waals surface area contributed by atoms with Crippen molar-refractivity contribution in [1.29, 1.82) is 0 Å². The van der Waals surface area contributed by atoms with Crippen LogP contribution in [0.1, 0.15) is 36.2 Å². The van der Waals surface area contributed by atoms with Crippen LogP contribution in [0.5, 0.6) is 5.75 Å². The van der Waals surface area contributed by atoms with E-state index in [4.69, 9.17) is 21.7 Å². The molecule has 3 aromatic carbocycles. The lowest BCUT2D eigenvalue weighted by atomic mass is 10.1. The molecule has 0 saturated carbocycles. The molecular weight excluding hydrogens is 514 g/mol. The SMILES string of the molecule is CCOC(=O)c1ccc(N2C(=O)C(CC(=O)Nc3ccc(OCC)cc3)N(CCc3ccccc3)C2=S)cc1. The third kappa shape index (κ3) is 6.80. The third-order valence-electron chi connectivity index (χ3n) is 6.27. The number of esters is 1. The van der Waals surface area contributed by atoms with Crippen LogP contribution in [-0.4, -0.2) is 53.6 Å². The van der Waals surface area contributed by atoms with Gasteiger partial charge in [-0.25, -0.2) is 4.79 Å². The smallest absolute Gasteiger partial charge is 0.338 e. The van der Waals surface area contributed by atoms with E-state index in [1.807, 2.05) is 42.2 Å². The molecule has 2 amide bonds. The second-order valence-electron chi connectivity index (χ2n) is 8.88. The van der Waals surface area contributed by atoms with Crippen molar-refractivity contribution in [3.05, 3.63) is 90.0 Å². The van der Waals surface area contributed by atoms with E-state index in [0.717, 1.165) is 5.56 Å². The van der Waals surface area contributed by atoms with Crippen molar-refractivity contribution < 1.29 is 23.9 Å². The molecule has 202 valence electrons. The molecule has 1 aliphatic heterocycles. The van der Waals surface area contributed by atoms with Crippen LogP contribution in [0, 0.1) is 0 Å². The van der Waals surface area contributed by atoms with E-state index in [1.165, 1.54) is 4.90 Å². The highest BCUT2D eigenvalue weighted by Gasteiger charge is 2.44. The molecule has 1 N–H and O–H groups in total. The van der Waals surface area contributed by atoms with Crippen molar-refractivity contribution in [2.45, 2.75) is 32.7 Å². The fourth-order valence-corrected chi connectivity index (χ4v) is 4.78. The van der Waals surface area contributed by atoms with Gasteiger partial charge >= 0.3 is 5.97 Å². The number of ether oxygens (including phenoxy) is 2. The highest BCUT2D eigenvalue weighted by Crippen LogP contribution is 2.28. The van der Waals surface area contributed by atoms with E-state index >= 15 is 0 Å². The van der Waals surface area contributed by atoms with Gasteiger partial charge in [0.1, 0.15) is 11.8 Å². The molecule has 8 nitrogen and oxygen atoms in total. The first-order chi connectivity index (χ1) is 18.9. The molecule has 4 rings (SSSR count). The van der Waals surface area contributed by atoms with Gasteiger partial charge in [-0.2, -0.15) is 0 Å². The van der Waals surface area contributed by atoms with Gasteiger partial charge in [0, 0.05) is 12.2 Å². The average Bonchev–Trinajstić information content (AvgIpc) is 3.17. The Morgan fingerprint density at radius 1 is 0.923 bits per heavy atom. The van der Waals surface area contributed by atoms with Gasteiger partial charge in [0.2, 0.25) is 5.91 Å². The number of nitrogens with zero attached hydrogens (tertiary/aromatic N) is 2. The van der Waals surface area contributed by atoms with Crippen LogP contribution in [0.4, 0.5) is 11.4 Å². The van der Waals surface area contributed by atoms with Crippen LogP contribution in [0.25, 0.3) is 0 Å². The van der Waals surface area contributed by atoms with Crippen LogP contribution in [0.3, 0.4) is 0 Å². The number of nitrogens with one attached hydrogen (secondary N) is 1. The zero-order valence-electron chi connectivity index (χ0n) is 22.0. The summed E-state index contributed by atoms with van der Waals surface area (Å²) >= 11 is 5.75. The first-order valence-electron chi connectivity index (χ1n) is 12.9. The zero-order chi connectivity index (χ0) is 27.8. The van der Waals surface area contributed by atoms with Gasteiger partial charge in [-0.1, -0.05) is 30.3 Å². The number of carbonyl (C=O) groups excluding carboxylic acids is 3. The maximum Gasteiger partial charge on any atom is 0.338 e. The summed E-state index contributed by atoms with van der Waals surface area (Å²) in [5, 5.41) is 3.19. The summed E-state index contributed by atoms with van der Waals surface area (Å²) in [6.45, 7) is 4.93. The predicted molar refractivity (Wildman–Crippen MR) is 154 cm³/mol. The van der Waals surface area contributed by atoms with Crippen molar-refractivity contribution in [3.63, 3.8) is 0 Å². The van der Waals surface area contributed by atoms with Gasteiger partial charge in [-0.15, -0.1) is 0 Å². The van der Waals surface area contributed by atoms with Crippen LogP contribution in [0.15, 0.2) is 78.9 Å². The molecule has 3 aromatic rings. The molecule has 9 heteroatoms. The van der Waals surface area contributed by atoms with Crippen LogP contribution in [-0.2, 0) is 20.7 Å². The van der Waals surface area contributed by atoms with Crippen LogP contribution >= 0.6 is 12.2 Å². The molecule has 1 heterocycles. The summed E-state index contributed by atoms with van der Waals surface area (Å²) < 4.78 is 10.5. The monoisotopic (exact) mass is 545 g/mol. The summed E-state index contributed by atoms with van der Waals surface area (Å²) in [4.78, 5) is 42.0. The van der Waals surface area contributed by atoms with Gasteiger partial charge in [-0.3, -0.25) is 14.5 Å². The van der Waals surface area contributed by atoms with Crippen molar-refractivity contribution in [2.75, 3.05) is 30.0 Å². The quantitative estimate of drug-likeness (QED) is 0.273. The largest absolute Gasteiger partial charge is 0.494 e. The molecule has 39 heavy (non-hydrogen) atoms. The number of hydrogen-bond donors (Lipinski definition) is 1. The van der Waals surface area contributed by atoms with E-state index in [2.05, 4.69) is 5.32 Å². The molecule has 0 radical (unpaired) electrons. The molecule has 1 aliphatic rings.